The summed E-state index contributed by atoms with van der Waals surface area (Å²) in [7, 11) is 0. The molecule has 0 atom stereocenters. The first-order valence-electron chi connectivity index (χ1n) is 4.07. The van der Waals surface area contributed by atoms with Gasteiger partial charge in [0.25, 0.3) is 0 Å². The summed E-state index contributed by atoms with van der Waals surface area (Å²) in [5.74, 6) is -0.313. The highest BCUT2D eigenvalue weighted by molar-refractivity contribution is 5.89. The van der Waals surface area contributed by atoms with Crippen LogP contribution >= 0.6 is 0 Å². The number of carbonyl (C=O) groups excluding carboxylic acids is 1. The fourth-order valence-corrected chi connectivity index (χ4v) is 0.927. The summed E-state index contributed by atoms with van der Waals surface area (Å²) < 4.78 is 4.76. The van der Waals surface area contributed by atoms with Crippen molar-refractivity contribution < 1.29 is 14.6 Å². The van der Waals surface area contributed by atoms with Crippen LogP contribution in [0.25, 0.3) is 0 Å². The van der Waals surface area contributed by atoms with Gasteiger partial charge in [-0.2, -0.15) is 0 Å². The van der Waals surface area contributed by atoms with E-state index in [1.165, 1.54) is 0 Å². The molecule has 0 bridgehead atoms. The van der Waals surface area contributed by atoms with E-state index in [2.05, 4.69) is 0 Å². The first-order valence-corrected chi connectivity index (χ1v) is 4.07. The molecule has 0 aliphatic heterocycles. The average molecular weight is 172 g/mol. The van der Waals surface area contributed by atoms with Gasteiger partial charge >= 0.3 is 5.97 Å². The van der Waals surface area contributed by atoms with Gasteiger partial charge in [-0.3, -0.25) is 0 Å². The Balaban J connectivity index is 4.15. The summed E-state index contributed by atoms with van der Waals surface area (Å²) in [4.78, 5) is 11.2. The fourth-order valence-electron chi connectivity index (χ4n) is 0.927. The van der Waals surface area contributed by atoms with E-state index >= 15 is 0 Å². The Morgan fingerprint density at radius 3 is 2.33 bits per heavy atom. The van der Waals surface area contributed by atoms with E-state index in [4.69, 9.17) is 9.84 Å². The minimum absolute atomic E-state index is 0.0790. The van der Waals surface area contributed by atoms with Crippen molar-refractivity contribution in [3.63, 3.8) is 0 Å². The first-order chi connectivity index (χ1) is 5.63. The van der Waals surface area contributed by atoms with Crippen LogP contribution in [0.1, 0.15) is 27.2 Å². The van der Waals surface area contributed by atoms with Gasteiger partial charge in [0.1, 0.15) is 6.61 Å². The molecule has 0 heterocycles. The van der Waals surface area contributed by atoms with Crippen LogP contribution < -0.4 is 0 Å². The van der Waals surface area contributed by atoms with E-state index in [-0.39, 0.29) is 19.2 Å². The third kappa shape index (κ3) is 3.53. The molecule has 70 valence electrons. The van der Waals surface area contributed by atoms with E-state index in [1.807, 2.05) is 20.8 Å². The number of rotatable bonds is 4. The zero-order valence-corrected chi connectivity index (χ0v) is 7.89. The normalized spacial score (nSPS) is 9.33. The average Bonchev–Trinajstić information content (AvgIpc) is 2.01. The van der Waals surface area contributed by atoms with Crippen molar-refractivity contribution in [1.29, 1.82) is 0 Å². The van der Waals surface area contributed by atoms with Crippen LogP contribution in [0.4, 0.5) is 0 Å². The van der Waals surface area contributed by atoms with E-state index in [9.17, 15) is 4.79 Å². The maximum absolute atomic E-state index is 11.2. The van der Waals surface area contributed by atoms with Crippen molar-refractivity contribution in [2.75, 3.05) is 13.2 Å². The molecule has 0 amide bonds. The molecule has 0 fully saturated rings. The highest BCUT2D eigenvalue weighted by Crippen LogP contribution is 2.09. The Morgan fingerprint density at radius 1 is 1.42 bits per heavy atom. The quantitative estimate of drug-likeness (QED) is 0.513. The molecule has 0 aromatic rings. The molecule has 0 aliphatic carbocycles. The molecule has 0 saturated carbocycles. The van der Waals surface area contributed by atoms with Gasteiger partial charge < -0.3 is 9.84 Å². The zero-order valence-electron chi connectivity index (χ0n) is 7.89. The Bertz CT molecular complexity index is 178. The molecule has 0 rings (SSSR count). The number of carbonyl (C=O) groups is 1. The number of allylic oxidation sites excluding steroid dienone is 1. The Hall–Kier alpha value is -0.830. The second-order valence-electron chi connectivity index (χ2n) is 2.69. The van der Waals surface area contributed by atoms with Crippen molar-refractivity contribution in [2.24, 2.45) is 0 Å². The van der Waals surface area contributed by atoms with Gasteiger partial charge in [-0.05, 0) is 20.3 Å². The first kappa shape index (κ1) is 11.2. The molecule has 0 radical (unpaired) electrons. The number of aliphatic hydroxyl groups excluding tert-OH is 1. The third-order valence-electron chi connectivity index (χ3n) is 1.53. The van der Waals surface area contributed by atoms with E-state index in [0.717, 1.165) is 5.57 Å². The Morgan fingerprint density at radius 2 is 2.00 bits per heavy atom. The predicted octanol–water partition coefficient (Wildman–Crippen LogP) is 1.27. The van der Waals surface area contributed by atoms with Gasteiger partial charge in [-0.25, -0.2) is 4.79 Å². The lowest BCUT2D eigenvalue weighted by Gasteiger charge is -2.06. The van der Waals surface area contributed by atoms with E-state index in [1.54, 1.807) is 0 Å². The van der Waals surface area contributed by atoms with Crippen LogP contribution in [0.15, 0.2) is 11.1 Å². The van der Waals surface area contributed by atoms with Crippen LogP contribution in [0.5, 0.6) is 0 Å². The maximum atomic E-state index is 11.2. The van der Waals surface area contributed by atoms with Crippen molar-refractivity contribution in [2.45, 2.75) is 27.2 Å². The van der Waals surface area contributed by atoms with Gasteiger partial charge in [0.05, 0.1) is 6.61 Å². The summed E-state index contributed by atoms with van der Waals surface area (Å²) in [6.07, 6.45) is 0.673. The molecule has 0 saturated heterocycles. The smallest absolute Gasteiger partial charge is 0.333 e. The molecule has 3 nitrogen and oxygen atoms in total. The number of hydrogen-bond acceptors (Lipinski definition) is 3. The summed E-state index contributed by atoms with van der Waals surface area (Å²) in [6, 6.07) is 0. The Kier molecular flexibility index (Phi) is 5.37. The van der Waals surface area contributed by atoms with Gasteiger partial charge in [0, 0.05) is 5.57 Å². The van der Waals surface area contributed by atoms with Crippen molar-refractivity contribution in [1.82, 2.24) is 0 Å². The lowest BCUT2D eigenvalue weighted by molar-refractivity contribution is -0.140. The minimum Gasteiger partial charge on any atom is -0.460 e. The van der Waals surface area contributed by atoms with Crippen LogP contribution in [0.2, 0.25) is 0 Å². The van der Waals surface area contributed by atoms with Crippen LogP contribution in [-0.2, 0) is 9.53 Å². The molecule has 3 heteroatoms. The van der Waals surface area contributed by atoms with Crippen LogP contribution in [0.3, 0.4) is 0 Å². The molecule has 0 aromatic carbocycles. The third-order valence-corrected chi connectivity index (χ3v) is 1.53. The molecule has 12 heavy (non-hydrogen) atoms. The lowest BCUT2D eigenvalue weighted by atomic mass is 10.1. The SMILES string of the molecule is CCC(C(=O)OCCO)=C(C)C. The van der Waals surface area contributed by atoms with Gasteiger partial charge in [0.2, 0.25) is 0 Å². The fraction of sp³-hybridized carbons (Fsp3) is 0.667. The number of ether oxygens (including phenoxy) is 1. The molecule has 0 aliphatic rings. The molecule has 0 unspecified atom stereocenters. The molecular weight excluding hydrogens is 156 g/mol. The zero-order chi connectivity index (χ0) is 9.56. The van der Waals surface area contributed by atoms with Crippen LogP contribution in [-0.4, -0.2) is 24.3 Å². The number of esters is 1. The second-order valence-corrected chi connectivity index (χ2v) is 2.69. The van der Waals surface area contributed by atoms with Crippen molar-refractivity contribution >= 4 is 5.97 Å². The summed E-state index contributed by atoms with van der Waals surface area (Å²) in [5.41, 5.74) is 1.67. The maximum Gasteiger partial charge on any atom is 0.333 e. The standard InChI is InChI=1S/C9H16O3/c1-4-8(7(2)3)9(11)12-6-5-10/h10H,4-6H2,1-3H3. The predicted molar refractivity (Wildman–Crippen MR) is 46.7 cm³/mol. The number of hydrogen-bond donors (Lipinski definition) is 1. The number of aliphatic hydroxyl groups is 1. The topological polar surface area (TPSA) is 46.5 Å². The molecule has 0 aromatic heterocycles. The monoisotopic (exact) mass is 172 g/mol. The highest BCUT2D eigenvalue weighted by atomic mass is 16.5. The van der Waals surface area contributed by atoms with Crippen molar-refractivity contribution in [3.8, 4) is 0 Å². The summed E-state index contributed by atoms with van der Waals surface area (Å²) in [6.45, 7) is 5.61. The van der Waals surface area contributed by atoms with Gasteiger partial charge in [-0.1, -0.05) is 12.5 Å². The Labute approximate surface area is 73.0 Å². The summed E-state index contributed by atoms with van der Waals surface area (Å²) >= 11 is 0. The molecular formula is C9H16O3. The van der Waals surface area contributed by atoms with Gasteiger partial charge in [0.15, 0.2) is 0 Å². The van der Waals surface area contributed by atoms with E-state index in [0.29, 0.717) is 12.0 Å². The molecule has 1 N–H and O–H groups in total. The minimum atomic E-state index is -0.313. The molecule has 0 spiro atoms. The van der Waals surface area contributed by atoms with Crippen LogP contribution in [0, 0.1) is 0 Å². The summed E-state index contributed by atoms with van der Waals surface area (Å²) in [5, 5.41) is 8.41. The largest absolute Gasteiger partial charge is 0.460 e. The second kappa shape index (κ2) is 5.77. The lowest BCUT2D eigenvalue weighted by Crippen LogP contribution is -2.11. The highest BCUT2D eigenvalue weighted by Gasteiger charge is 2.09. The van der Waals surface area contributed by atoms with Gasteiger partial charge in [-0.15, -0.1) is 0 Å². The van der Waals surface area contributed by atoms with Crippen molar-refractivity contribution in [3.05, 3.63) is 11.1 Å². The van der Waals surface area contributed by atoms with E-state index < -0.39 is 0 Å².